The zero-order valence-electron chi connectivity index (χ0n) is 29.8. The number of fused-ring (bicyclic) bond motifs is 3. The molecular weight excluding hydrogens is 687 g/mol. The summed E-state index contributed by atoms with van der Waals surface area (Å²) < 4.78 is 2.60. The number of nitrogens with zero attached hydrogens (tertiary/aromatic N) is 3. The Hall–Kier alpha value is -7.01. The van der Waals surface area contributed by atoms with E-state index in [1.807, 2.05) is 29.5 Å². The molecule has 0 atom stereocenters. The summed E-state index contributed by atoms with van der Waals surface area (Å²) in [5.41, 5.74) is 12.0. The van der Waals surface area contributed by atoms with Gasteiger partial charge in [-0.25, -0.2) is 15.0 Å². The van der Waals surface area contributed by atoms with Crippen molar-refractivity contribution in [2.75, 3.05) is 0 Å². The van der Waals surface area contributed by atoms with Crippen LogP contribution in [0.4, 0.5) is 0 Å². The summed E-state index contributed by atoms with van der Waals surface area (Å²) in [7, 11) is 0. The second-order valence-electron chi connectivity index (χ2n) is 13.6. The molecule has 0 fully saturated rings. The van der Waals surface area contributed by atoms with Gasteiger partial charge in [-0.05, 0) is 56.6 Å². The molecule has 0 N–H and O–H groups in total. The van der Waals surface area contributed by atoms with Crippen molar-refractivity contribution in [2.45, 2.75) is 0 Å². The molecule has 4 heteroatoms. The van der Waals surface area contributed by atoms with E-state index in [2.05, 4.69) is 182 Å². The summed E-state index contributed by atoms with van der Waals surface area (Å²) in [5.74, 6) is 1.90. The monoisotopic (exact) mass is 719 g/mol. The first-order valence-corrected chi connectivity index (χ1v) is 19.3. The Morgan fingerprint density at radius 3 is 1.49 bits per heavy atom. The van der Waals surface area contributed by atoms with Gasteiger partial charge in [0.25, 0.3) is 0 Å². The van der Waals surface area contributed by atoms with Gasteiger partial charge in [-0.3, -0.25) is 0 Å². The molecule has 0 aliphatic heterocycles. The van der Waals surface area contributed by atoms with Crippen LogP contribution >= 0.6 is 11.3 Å². The molecule has 0 radical (unpaired) electrons. The van der Waals surface area contributed by atoms with Crippen LogP contribution in [0.5, 0.6) is 0 Å². The second-order valence-corrected chi connectivity index (χ2v) is 14.7. The molecule has 0 bridgehead atoms. The maximum atomic E-state index is 5.17. The molecule has 0 spiro atoms. The van der Waals surface area contributed by atoms with Gasteiger partial charge in [0.2, 0.25) is 0 Å². The maximum Gasteiger partial charge on any atom is 0.164 e. The minimum absolute atomic E-state index is 0.629. The number of rotatable bonds is 7. The van der Waals surface area contributed by atoms with E-state index < -0.39 is 0 Å². The van der Waals surface area contributed by atoms with Gasteiger partial charge >= 0.3 is 0 Å². The Bertz CT molecular complexity index is 2950. The first-order valence-electron chi connectivity index (χ1n) is 18.4. The Kier molecular flexibility index (Phi) is 8.36. The molecule has 0 unspecified atom stereocenters. The quantitative estimate of drug-likeness (QED) is 0.165. The largest absolute Gasteiger partial charge is 0.208 e. The third-order valence-electron chi connectivity index (χ3n) is 10.2. The van der Waals surface area contributed by atoms with E-state index in [9.17, 15) is 0 Å². The van der Waals surface area contributed by atoms with Crippen molar-refractivity contribution in [2.24, 2.45) is 0 Å². The van der Waals surface area contributed by atoms with Crippen molar-refractivity contribution < 1.29 is 0 Å². The second kappa shape index (κ2) is 14.1. The number of thiophene rings is 1. The average molecular weight is 720 g/mol. The van der Waals surface area contributed by atoms with Gasteiger partial charge < -0.3 is 0 Å². The highest BCUT2D eigenvalue weighted by Crippen LogP contribution is 2.40. The van der Waals surface area contributed by atoms with Gasteiger partial charge in [0.15, 0.2) is 17.5 Å². The lowest BCUT2D eigenvalue weighted by atomic mass is 9.98. The molecule has 8 aromatic carbocycles. The van der Waals surface area contributed by atoms with Crippen LogP contribution in [0.15, 0.2) is 200 Å². The fourth-order valence-corrected chi connectivity index (χ4v) is 8.64. The lowest BCUT2D eigenvalue weighted by molar-refractivity contribution is 1.07. The summed E-state index contributed by atoms with van der Waals surface area (Å²) in [4.78, 5) is 15.5. The highest BCUT2D eigenvalue weighted by Gasteiger charge is 2.17. The zero-order valence-corrected chi connectivity index (χ0v) is 30.6. The smallest absolute Gasteiger partial charge is 0.164 e. The molecular formula is C51H33N3S. The van der Waals surface area contributed by atoms with Crippen LogP contribution in [0.2, 0.25) is 0 Å². The third kappa shape index (κ3) is 6.29. The molecule has 2 heterocycles. The molecule has 0 saturated heterocycles. The summed E-state index contributed by atoms with van der Waals surface area (Å²) in [5, 5.41) is 2.59. The fourth-order valence-electron chi connectivity index (χ4n) is 7.40. The molecule has 55 heavy (non-hydrogen) atoms. The van der Waals surface area contributed by atoms with Crippen LogP contribution in [0, 0.1) is 0 Å². The van der Waals surface area contributed by atoms with Gasteiger partial charge in [-0.15, -0.1) is 11.3 Å². The molecule has 0 aliphatic rings. The Labute approximate surface area is 323 Å². The summed E-state index contributed by atoms with van der Waals surface area (Å²) in [6.45, 7) is 0. The molecule has 0 saturated carbocycles. The van der Waals surface area contributed by atoms with Crippen LogP contribution in [0.25, 0.3) is 98.8 Å². The topological polar surface area (TPSA) is 38.7 Å². The Morgan fingerprint density at radius 1 is 0.273 bits per heavy atom. The van der Waals surface area contributed by atoms with E-state index in [1.54, 1.807) is 0 Å². The first kappa shape index (κ1) is 32.6. The van der Waals surface area contributed by atoms with Gasteiger partial charge in [0.1, 0.15) is 0 Å². The highest BCUT2D eigenvalue weighted by molar-refractivity contribution is 7.26. The number of hydrogen-bond donors (Lipinski definition) is 0. The minimum atomic E-state index is 0.629. The molecule has 10 rings (SSSR count). The molecule has 2 aromatic heterocycles. The van der Waals surface area contributed by atoms with Crippen molar-refractivity contribution >= 4 is 31.5 Å². The fraction of sp³-hybridized carbons (Fsp3) is 0. The molecule has 3 nitrogen and oxygen atoms in total. The van der Waals surface area contributed by atoms with Crippen LogP contribution in [-0.2, 0) is 0 Å². The van der Waals surface area contributed by atoms with Gasteiger partial charge in [0, 0.05) is 36.9 Å². The predicted octanol–water partition coefficient (Wildman–Crippen LogP) is 13.9. The summed E-state index contributed by atoms with van der Waals surface area (Å²) in [6, 6.07) is 70.4. The third-order valence-corrected chi connectivity index (χ3v) is 11.4. The summed E-state index contributed by atoms with van der Waals surface area (Å²) in [6.07, 6.45) is 0. The normalized spacial score (nSPS) is 11.3. The van der Waals surface area contributed by atoms with Gasteiger partial charge in [0.05, 0.1) is 0 Å². The highest BCUT2D eigenvalue weighted by atomic mass is 32.1. The van der Waals surface area contributed by atoms with E-state index in [1.165, 1.54) is 36.9 Å². The maximum absolute atomic E-state index is 5.17. The lowest BCUT2D eigenvalue weighted by Gasteiger charge is -2.13. The SMILES string of the molecule is c1ccc(-c2ccc(-c3cccc(-c4nc(-c5ccc(-c6cccc7c6sc6ccccc67)cc5)nc(-c5ccccc5-c5ccccc5)n4)c3)cc2)cc1. The molecule has 0 amide bonds. The van der Waals surface area contributed by atoms with Gasteiger partial charge in [-0.1, -0.05) is 188 Å². The lowest BCUT2D eigenvalue weighted by Crippen LogP contribution is -2.01. The van der Waals surface area contributed by atoms with Gasteiger partial charge in [-0.2, -0.15) is 0 Å². The van der Waals surface area contributed by atoms with Crippen molar-refractivity contribution in [1.29, 1.82) is 0 Å². The summed E-state index contributed by atoms with van der Waals surface area (Å²) >= 11 is 1.85. The van der Waals surface area contributed by atoms with Crippen LogP contribution in [0.3, 0.4) is 0 Å². The predicted molar refractivity (Wildman–Crippen MR) is 231 cm³/mol. The van der Waals surface area contributed by atoms with E-state index in [0.717, 1.165) is 44.5 Å². The van der Waals surface area contributed by atoms with Crippen LogP contribution in [-0.4, -0.2) is 15.0 Å². The van der Waals surface area contributed by atoms with Crippen molar-refractivity contribution in [3.63, 3.8) is 0 Å². The zero-order chi connectivity index (χ0) is 36.6. The number of hydrogen-bond acceptors (Lipinski definition) is 4. The molecule has 0 aliphatic carbocycles. The van der Waals surface area contributed by atoms with E-state index in [4.69, 9.17) is 15.0 Å². The Morgan fingerprint density at radius 2 is 0.727 bits per heavy atom. The van der Waals surface area contributed by atoms with E-state index in [0.29, 0.717) is 17.5 Å². The molecule has 258 valence electrons. The molecule has 10 aromatic rings. The van der Waals surface area contributed by atoms with E-state index >= 15 is 0 Å². The number of aromatic nitrogens is 3. The first-order chi connectivity index (χ1) is 27.2. The average Bonchev–Trinajstić information content (AvgIpc) is 3.66. The van der Waals surface area contributed by atoms with Crippen molar-refractivity contribution in [1.82, 2.24) is 15.0 Å². The number of benzene rings is 8. The van der Waals surface area contributed by atoms with Crippen molar-refractivity contribution in [3.05, 3.63) is 200 Å². The minimum Gasteiger partial charge on any atom is -0.208 e. The van der Waals surface area contributed by atoms with E-state index in [-0.39, 0.29) is 0 Å². The van der Waals surface area contributed by atoms with Crippen molar-refractivity contribution in [3.8, 4) is 78.7 Å². The van der Waals surface area contributed by atoms with Crippen LogP contribution < -0.4 is 0 Å². The standard InChI is InChI=1S/C51H33N3S/c1-3-13-34(14-4-1)35-25-27-36(28-26-35)40-17-11-18-41(33-40)50-52-49(53-51(54-50)46-21-8-7-19-42(46)37-15-5-2-6-16-37)39-31-29-38(30-32-39)43-22-12-23-45-44-20-9-10-24-47(44)55-48(43)45/h1-33H. The Balaban J connectivity index is 1.07. The van der Waals surface area contributed by atoms with Crippen LogP contribution in [0.1, 0.15) is 0 Å².